The van der Waals surface area contributed by atoms with Crippen molar-refractivity contribution >= 4 is 7.25 Å². The fourth-order valence-electron chi connectivity index (χ4n) is 0.934. The van der Waals surface area contributed by atoms with Crippen molar-refractivity contribution in [1.82, 2.24) is 4.57 Å². The molecule has 1 heterocycles. The van der Waals surface area contributed by atoms with Crippen molar-refractivity contribution in [3.63, 3.8) is 0 Å². The van der Waals surface area contributed by atoms with Crippen LogP contribution in [0, 0.1) is 0 Å². The molecule has 0 amide bonds. The lowest BCUT2D eigenvalue weighted by Crippen LogP contribution is -2.32. The number of aliphatic hydroxyl groups is 2. The Morgan fingerprint density at radius 3 is 2.12 bits per heavy atom. The van der Waals surface area contributed by atoms with Crippen molar-refractivity contribution in [3.8, 4) is 0 Å². The molecule has 0 aliphatic carbocycles. The van der Waals surface area contributed by atoms with Crippen LogP contribution in [-0.2, 0) is 13.1 Å². The summed E-state index contributed by atoms with van der Waals surface area (Å²) in [6, 6.07) is 0. The van der Waals surface area contributed by atoms with Gasteiger partial charge in [-0.1, -0.05) is 0 Å². The van der Waals surface area contributed by atoms with Gasteiger partial charge in [-0.3, -0.25) is 0 Å². The summed E-state index contributed by atoms with van der Waals surface area (Å²) in [4.78, 5) is 0. The van der Waals surface area contributed by atoms with Gasteiger partial charge in [-0.05, 0) is 0 Å². The summed E-state index contributed by atoms with van der Waals surface area (Å²) in [6.07, 6.45) is 5.59. The van der Waals surface area contributed by atoms with E-state index in [1.807, 2.05) is 27.9 Å². The summed E-state index contributed by atoms with van der Waals surface area (Å²) < 4.78 is 42.7. The zero-order valence-corrected chi connectivity index (χ0v) is 8.44. The number of hydrogen-bond acceptors (Lipinski definition) is 2. The third-order valence-electron chi connectivity index (χ3n) is 1.46. The number of nitrogens with zero attached hydrogens (tertiary/aromatic N) is 2. The molecule has 0 unspecified atom stereocenters. The Morgan fingerprint density at radius 2 is 1.69 bits per heavy atom. The lowest BCUT2D eigenvalue weighted by Gasteiger charge is -1.94. The van der Waals surface area contributed by atoms with Crippen molar-refractivity contribution in [2.45, 2.75) is 13.1 Å². The van der Waals surface area contributed by atoms with E-state index in [2.05, 4.69) is 0 Å². The summed E-state index contributed by atoms with van der Waals surface area (Å²) in [5.74, 6) is 0. The van der Waals surface area contributed by atoms with Crippen molar-refractivity contribution in [3.05, 3.63) is 18.7 Å². The molecule has 2 N–H and O–H groups in total. The molecule has 0 spiro atoms. The van der Waals surface area contributed by atoms with E-state index in [4.69, 9.17) is 10.2 Å². The van der Waals surface area contributed by atoms with Crippen molar-refractivity contribution < 1.29 is 32.0 Å². The molecule has 1 rings (SSSR count). The van der Waals surface area contributed by atoms with Crippen LogP contribution in [0.15, 0.2) is 18.7 Å². The molecule has 0 saturated heterocycles. The third-order valence-corrected chi connectivity index (χ3v) is 1.46. The van der Waals surface area contributed by atoms with Crippen LogP contribution in [0.1, 0.15) is 0 Å². The number of hydrogen-bond donors (Lipinski definition) is 2. The topological polar surface area (TPSA) is 49.3 Å². The van der Waals surface area contributed by atoms with E-state index >= 15 is 0 Å². The first-order valence-corrected chi connectivity index (χ1v) is 4.50. The monoisotopic (exact) mass is 244 g/mol. The number of halogens is 4. The van der Waals surface area contributed by atoms with Gasteiger partial charge in [-0.2, -0.15) is 0 Å². The van der Waals surface area contributed by atoms with E-state index in [-0.39, 0.29) is 13.2 Å². The molecule has 1 aromatic heterocycles. The highest BCUT2D eigenvalue weighted by atomic mass is 19.5. The Hall–Kier alpha value is -1.09. The number of aromatic nitrogens is 2. The second-order valence-corrected chi connectivity index (χ2v) is 2.83. The van der Waals surface area contributed by atoms with Gasteiger partial charge < -0.3 is 27.5 Å². The molecule has 4 nitrogen and oxygen atoms in total. The van der Waals surface area contributed by atoms with Crippen LogP contribution < -0.4 is 4.57 Å². The molecule has 0 radical (unpaired) electrons. The van der Waals surface area contributed by atoms with E-state index in [9.17, 15) is 17.3 Å². The SMILES string of the molecule is F[B-](F)(F)F.OCCn1cc[n+](CCO)c1. The smallest absolute Gasteiger partial charge is 0.418 e. The lowest BCUT2D eigenvalue weighted by molar-refractivity contribution is -0.697. The normalized spacial score (nSPS) is 10.9. The van der Waals surface area contributed by atoms with Gasteiger partial charge >= 0.3 is 7.25 Å². The Morgan fingerprint density at radius 1 is 1.12 bits per heavy atom. The van der Waals surface area contributed by atoms with Gasteiger partial charge in [0.25, 0.3) is 0 Å². The number of rotatable bonds is 4. The highest BCUT2D eigenvalue weighted by Crippen LogP contribution is 2.06. The predicted octanol–water partition coefficient (Wildman–Crippen LogP) is 0.0602. The zero-order valence-electron chi connectivity index (χ0n) is 8.44. The highest BCUT2D eigenvalue weighted by molar-refractivity contribution is 6.50. The molecule has 0 aromatic carbocycles. The summed E-state index contributed by atoms with van der Waals surface area (Å²) in [7, 11) is -6.00. The molecule has 0 aliphatic heterocycles. The van der Waals surface area contributed by atoms with E-state index in [1.54, 1.807) is 0 Å². The van der Waals surface area contributed by atoms with E-state index < -0.39 is 7.25 Å². The maximum Gasteiger partial charge on any atom is 0.673 e. The fourth-order valence-corrected chi connectivity index (χ4v) is 0.934. The van der Waals surface area contributed by atoms with Gasteiger partial charge in [0.2, 0.25) is 6.33 Å². The minimum atomic E-state index is -6.00. The first kappa shape index (κ1) is 14.9. The number of aliphatic hydroxyl groups excluding tert-OH is 2. The largest absolute Gasteiger partial charge is 0.673 e. The van der Waals surface area contributed by atoms with Gasteiger partial charge in [0.15, 0.2) is 0 Å². The van der Waals surface area contributed by atoms with Crippen LogP contribution in [-0.4, -0.2) is 35.2 Å². The molecule has 94 valence electrons. The maximum atomic E-state index is 9.75. The fraction of sp³-hybridized carbons (Fsp3) is 0.571. The highest BCUT2D eigenvalue weighted by Gasteiger charge is 2.20. The molecule has 0 aliphatic rings. The average Bonchev–Trinajstić information content (AvgIpc) is 2.51. The predicted molar refractivity (Wildman–Crippen MR) is 49.0 cm³/mol. The summed E-state index contributed by atoms with van der Waals surface area (Å²) in [6.45, 7) is 1.51. The first-order valence-electron chi connectivity index (χ1n) is 4.50. The van der Waals surface area contributed by atoms with Crippen LogP contribution >= 0.6 is 0 Å². The molecule has 0 saturated carbocycles. The van der Waals surface area contributed by atoms with Crippen LogP contribution in [0.4, 0.5) is 17.3 Å². The summed E-state index contributed by atoms with van der Waals surface area (Å²) in [5, 5.41) is 17.2. The Kier molecular flexibility index (Phi) is 6.74. The Labute approximate surface area is 89.9 Å². The minimum Gasteiger partial charge on any atom is -0.418 e. The van der Waals surface area contributed by atoms with Crippen molar-refractivity contribution in [2.75, 3.05) is 13.2 Å². The van der Waals surface area contributed by atoms with Crippen LogP contribution in [0.5, 0.6) is 0 Å². The standard InChI is InChI=1S/C7H13N2O2.BF4/c10-5-3-8-1-2-9(7-8)4-6-11;2-1(3,4)5/h1-2,7,10-11H,3-6H2;/q+1;-1. The molecular formula is C7H13BF4N2O2. The van der Waals surface area contributed by atoms with Crippen LogP contribution in [0.2, 0.25) is 0 Å². The van der Waals surface area contributed by atoms with Gasteiger partial charge in [-0.15, -0.1) is 0 Å². The van der Waals surface area contributed by atoms with E-state index in [1.165, 1.54) is 0 Å². The molecule has 0 atom stereocenters. The molecule has 9 heteroatoms. The molecule has 0 fully saturated rings. The Balaban J connectivity index is 0.000000385. The van der Waals surface area contributed by atoms with E-state index in [0.717, 1.165) is 0 Å². The van der Waals surface area contributed by atoms with Crippen molar-refractivity contribution in [2.24, 2.45) is 0 Å². The van der Waals surface area contributed by atoms with Crippen LogP contribution in [0.25, 0.3) is 0 Å². The average molecular weight is 244 g/mol. The Bertz CT molecular complexity index is 266. The molecule has 16 heavy (non-hydrogen) atoms. The second kappa shape index (κ2) is 7.23. The molecule has 1 aromatic rings. The zero-order chi connectivity index (χ0) is 12.6. The van der Waals surface area contributed by atoms with E-state index in [0.29, 0.717) is 13.1 Å². The van der Waals surface area contributed by atoms with Gasteiger partial charge in [-0.25, -0.2) is 9.13 Å². The van der Waals surface area contributed by atoms with Crippen LogP contribution in [0.3, 0.4) is 0 Å². The van der Waals surface area contributed by atoms with Gasteiger partial charge in [0, 0.05) is 0 Å². The van der Waals surface area contributed by atoms with Gasteiger partial charge in [0.1, 0.15) is 25.5 Å². The maximum absolute atomic E-state index is 9.75. The van der Waals surface area contributed by atoms with Crippen molar-refractivity contribution in [1.29, 1.82) is 0 Å². The second-order valence-electron chi connectivity index (χ2n) is 2.83. The summed E-state index contributed by atoms with van der Waals surface area (Å²) >= 11 is 0. The lowest BCUT2D eigenvalue weighted by atomic mass is 10.3. The summed E-state index contributed by atoms with van der Waals surface area (Å²) in [5.41, 5.74) is 0. The third kappa shape index (κ3) is 9.47. The molecule has 0 bridgehead atoms. The van der Waals surface area contributed by atoms with Gasteiger partial charge in [0.05, 0.1) is 13.2 Å². The number of imidazole rings is 1. The quantitative estimate of drug-likeness (QED) is 0.447. The minimum absolute atomic E-state index is 0.147. The first-order chi connectivity index (χ1) is 7.36. The molecular weight excluding hydrogens is 231 g/mol.